The minimum absolute atomic E-state index is 0.00681. The van der Waals surface area contributed by atoms with E-state index in [4.69, 9.17) is 4.74 Å². The maximum atomic E-state index is 11.9. The summed E-state index contributed by atoms with van der Waals surface area (Å²) in [6.45, 7) is 1.86. The van der Waals surface area contributed by atoms with Gasteiger partial charge in [0.05, 0.1) is 11.5 Å². The summed E-state index contributed by atoms with van der Waals surface area (Å²) < 4.78 is 4.89. The number of thiophene rings is 1. The second kappa shape index (κ2) is 5.62. The van der Waals surface area contributed by atoms with Crippen molar-refractivity contribution in [2.24, 2.45) is 5.18 Å². The second-order valence-electron chi connectivity index (χ2n) is 3.64. The summed E-state index contributed by atoms with van der Waals surface area (Å²) in [4.78, 5) is 23.0. The van der Waals surface area contributed by atoms with Crippen LogP contribution in [0.2, 0.25) is 0 Å². The van der Waals surface area contributed by atoms with Crippen molar-refractivity contribution in [3.8, 4) is 16.2 Å². The average Bonchev–Trinajstić information content (AvgIpc) is 2.77. The molecule has 0 aliphatic carbocycles. The molecule has 0 bridgehead atoms. The molecule has 1 aromatic carbocycles. The monoisotopic (exact) mass is 277 g/mol. The van der Waals surface area contributed by atoms with Crippen LogP contribution in [0.25, 0.3) is 10.4 Å². The van der Waals surface area contributed by atoms with Gasteiger partial charge in [-0.2, -0.15) is 0 Å². The number of hydrogen-bond acceptors (Lipinski definition) is 6. The number of nitroso groups, excluding NO2 is 1. The number of aromatic hydroxyl groups is 1. The summed E-state index contributed by atoms with van der Waals surface area (Å²) in [6.07, 6.45) is 0. The predicted molar refractivity (Wildman–Crippen MR) is 72.8 cm³/mol. The van der Waals surface area contributed by atoms with Gasteiger partial charge >= 0.3 is 5.97 Å². The summed E-state index contributed by atoms with van der Waals surface area (Å²) in [5.41, 5.74) is 0.716. The molecule has 2 rings (SSSR count). The van der Waals surface area contributed by atoms with E-state index in [2.05, 4.69) is 5.18 Å². The predicted octanol–water partition coefficient (Wildman–Crippen LogP) is 3.70. The van der Waals surface area contributed by atoms with Crippen molar-refractivity contribution in [2.45, 2.75) is 6.92 Å². The lowest BCUT2D eigenvalue weighted by Crippen LogP contribution is -2.04. The van der Waals surface area contributed by atoms with Crippen molar-refractivity contribution in [1.29, 1.82) is 0 Å². The van der Waals surface area contributed by atoms with Crippen molar-refractivity contribution in [3.63, 3.8) is 0 Å². The number of carbonyl (C=O) groups excluding carboxylic acids is 1. The molecule has 0 amide bonds. The quantitative estimate of drug-likeness (QED) is 0.683. The van der Waals surface area contributed by atoms with Gasteiger partial charge in [-0.1, -0.05) is 30.3 Å². The van der Waals surface area contributed by atoms with E-state index in [0.717, 1.165) is 16.9 Å². The Labute approximate surface area is 113 Å². The third-order valence-corrected chi connectivity index (χ3v) is 3.57. The number of esters is 1. The molecular weight excluding hydrogens is 266 g/mol. The minimum Gasteiger partial charge on any atom is -0.504 e. The van der Waals surface area contributed by atoms with Gasteiger partial charge in [0.15, 0.2) is 5.75 Å². The van der Waals surface area contributed by atoms with Crippen LogP contribution in [0, 0.1) is 4.91 Å². The molecule has 98 valence electrons. The molecule has 0 saturated carbocycles. The number of ether oxygens (including phenoxy) is 1. The van der Waals surface area contributed by atoms with E-state index < -0.39 is 11.7 Å². The summed E-state index contributed by atoms with van der Waals surface area (Å²) in [5, 5.41) is 12.5. The Bertz CT molecular complexity index is 607. The van der Waals surface area contributed by atoms with Crippen LogP contribution in [-0.4, -0.2) is 17.7 Å². The first-order valence-electron chi connectivity index (χ1n) is 5.60. The Morgan fingerprint density at radius 2 is 2.05 bits per heavy atom. The van der Waals surface area contributed by atoms with Gasteiger partial charge in [0, 0.05) is 0 Å². The average molecular weight is 277 g/mol. The molecule has 6 heteroatoms. The number of nitrogens with zero attached hydrogens (tertiary/aromatic N) is 1. The van der Waals surface area contributed by atoms with Crippen LogP contribution < -0.4 is 0 Å². The Kier molecular flexibility index (Phi) is 3.91. The van der Waals surface area contributed by atoms with E-state index in [9.17, 15) is 14.8 Å². The SMILES string of the molecule is CCOC(=O)c1c(-c2ccccc2)sc(N=O)c1O. The third kappa shape index (κ3) is 2.48. The van der Waals surface area contributed by atoms with Crippen LogP contribution in [0.15, 0.2) is 35.5 Å². The standard InChI is InChI=1S/C13H11NO4S/c1-2-18-13(16)9-10(15)12(14-17)19-11(9)8-6-4-3-5-7-8/h3-7,15H,2H2,1H3. The van der Waals surface area contributed by atoms with Crippen molar-refractivity contribution in [3.05, 3.63) is 40.8 Å². The molecule has 0 unspecified atom stereocenters. The van der Waals surface area contributed by atoms with Crippen molar-refractivity contribution in [1.82, 2.24) is 0 Å². The van der Waals surface area contributed by atoms with Gasteiger partial charge in [0.25, 0.3) is 0 Å². The second-order valence-corrected chi connectivity index (χ2v) is 4.64. The van der Waals surface area contributed by atoms with Crippen LogP contribution in [0.3, 0.4) is 0 Å². The Hall–Kier alpha value is -2.21. The first-order chi connectivity index (χ1) is 9.19. The fraction of sp³-hybridized carbons (Fsp3) is 0.154. The Morgan fingerprint density at radius 3 is 2.63 bits per heavy atom. The molecule has 0 atom stereocenters. The maximum Gasteiger partial charge on any atom is 0.343 e. The molecule has 0 saturated heterocycles. The van der Waals surface area contributed by atoms with E-state index in [1.807, 2.05) is 6.07 Å². The van der Waals surface area contributed by atoms with Gasteiger partial charge in [0.2, 0.25) is 5.00 Å². The van der Waals surface area contributed by atoms with Gasteiger partial charge in [-0.3, -0.25) is 0 Å². The van der Waals surface area contributed by atoms with Crippen LogP contribution >= 0.6 is 11.3 Å². The van der Waals surface area contributed by atoms with Gasteiger partial charge in [-0.05, 0) is 17.7 Å². The summed E-state index contributed by atoms with van der Waals surface area (Å²) in [6, 6.07) is 9.00. The lowest BCUT2D eigenvalue weighted by atomic mass is 10.1. The van der Waals surface area contributed by atoms with E-state index in [1.165, 1.54) is 0 Å². The van der Waals surface area contributed by atoms with E-state index in [0.29, 0.717) is 4.88 Å². The Morgan fingerprint density at radius 1 is 1.37 bits per heavy atom. The summed E-state index contributed by atoms with van der Waals surface area (Å²) >= 11 is 0.963. The number of hydrogen-bond donors (Lipinski definition) is 1. The minimum atomic E-state index is -0.662. The number of benzene rings is 1. The highest BCUT2D eigenvalue weighted by Gasteiger charge is 2.26. The van der Waals surface area contributed by atoms with Crippen LogP contribution in [0.4, 0.5) is 5.00 Å². The molecule has 0 aliphatic rings. The highest BCUT2D eigenvalue weighted by molar-refractivity contribution is 7.20. The zero-order valence-corrected chi connectivity index (χ0v) is 10.9. The number of rotatable bonds is 4. The molecule has 0 radical (unpaired) electrons. The molecule has 2 aromatic rings. The molecule has 19 heavy (non-hydrogen) atoms. The van der Waals surface area contributed by atoms with Crippen LogP contribution in [0.5, 0.6) is 5.75 Å². The third-order valence-electron chi connectivity index (χ3n) is 2.46. The molecule has 1 heterocycles. The van der Waals surface area contributed by atoms with E-state index in [-0.39, 0.29) is 17.2 Å². The molecular formula is C13H11NO4S. The van der Waals surface area contributed by atoms with Gasteiger partial charge in [-0.25, -0.2) is 4.79 Å². The fourth-order valence-corrected chi connectivity index (χ4v) is 2.62. The van der Waals surface area contributed by atoms with Crippen molar-refractivity contribution in [2.75, 3.05) is 6.61 Å². The molecule has 0 fully saturated rings. The van der Waals surface area contributed by atoms with Crippen LogP contribution in [-0.2, 0) is 4.74 Å². The molecule has 0 aliphatic heterocycles. The normalized spacial score (nSPS) is 10.2. The van der Waals surface area contributed by atoms with Crippen LogP contribution in [0.1, 0.15) is 17.3 Å². The van der Waals surface area contributed by atoms with E-state index in [1.54, 1.807) is 31.2 Å². The highest BCUT2D eigenvalue weighted by atomic mass is 32.1. The zero-order chi connectivity index (χ0) is 13.8. The van der Waals surface area contributed by atoms with Gasteiger partial charge < -0.3 is 9.84 Å². The smallest absolute Gasteiger partial charge is 0.343 e. The largest absolute Gasteiger partial charge is 0.504 e. The van der Waals surface area contributed by atoms with Crippen molar-refractivity contribution >= 4 is 22.3 Å². The lowest BCUT2D eigenvalue weighted by molar-refractivity contribution is 0.0525. The first kappa shape index (κ1) is 13.2. The molecule has 1 aromatic heterocycles. The highest BCUT2D eigenvalue weighted by Crippen LogP contribution is 2.46. The fourth-order valence-electron chi connectivity index (χ4n) is 1.66. The zero-order valence-electron chi connectivity index (χ0n) is 10.1. The maximum absolute atomic E-state index is 11.9. The first-order valence-corrected chi connectivity index (χ1v) is 6.42. The van der Waals surface area contributed by atoms with Crippen molar-refractivity contribution < 1.29 is 14.6 Å². The lowest BCUT2D eigenvalue weighted by Gasteiger charge is -2.04. The molecule has 5 nitrogen and oxygen atoms in total. The van der Waals surface area contributed by atoms with Gasteiger partial charge in [0.1, 0.15) is 5.56 Å². The van der Waals surface area contributed by atoms with E-state index >= 15 is 0 Å². The topological polar surface area (TPSA) is 76.0 Å². The summed E-state index contributed by atoms with van der Waals surface area (Å²) in [7, 11) is 0. The molecule has 1 N–H and O–H groups in total. The summed E-state index contributed by atoms with van der Waals surface area (Å²) in [5.74, 6) is -1.08. The number of carbonyl (C=O) groups is 1. The Balaban J connectivity index is 2.60. The van der Waals surface area contributed by atoms with Gasteiger partial charge in [-0.15, -0.1) is 16.2 Å². The molecule has 0 spiro atoms.